The van der Waals surface area contributed by atoms with Crippen molar-refractivity contribution in [2.45, 2.75) is 0 Å². The Morgan fingerprint density at radius 3 is 2.17 bits per heavy atom. The molecule has 1 heterocycles. The molecule has 3 aromatic carbocycles. The molecule has 144 valence electrons. The summed E-state index contributed by atoms with van der Waals surface area (Å²) in [6.45, 7) is 0. The van der Waals surface area contributed by atoms with Crippen LogP contribution in [0.3, 0.4) is 0 Å². The molecule has 0 bridgehead atoms. The molecule has 0 fully saturated rings. The Hall–Kier alpha value is -3.93. The summed E-state index contributed by atoms with van der Waals surface area (Å²) < 4.78 is 1.85. The summed E-state index contributed by atoms with van der Waals surface area (Å²) in [6, 6.07) is 24.5. The van der Waals surface area contributed by atoms with Crippen LogP contribution in [0.25, 0.3) is 28.1 Å². The van der Waals surface area contributed by atoms with Crippen LogP contribution >= 0.6 is 0 Å². The number of non-ortho nitro benzene ring substituents is 1. The Morgan fingerprint density at radius 1 is 0.862 bits per heavy atom. The predicted octanol–water partition coefficient (Wildman–Crippen LogP) is 5.18. The van der Waals surface area contributed by atoms with Crippen molar-refractivity contribution in [3.63, 3.8) is 0 Å². The lowest BCUT2D eigenvalue weighted by Gasteiger charge is -2.17. The summed E-state index contributed by atoms with van der Waals surface area (Å²) in [6.07, 6.45) is 2.01. The number of para-hydroxylation sites is 2. The van der Waals surface area contributed by atoms with Crippen LogP contribution in [0.2, 0.25) is 0 Å². The lowest BCUT2D eigenvalue weighted by Crippen LogP contribution is -2.09. The van der Waals surface area contributed by atoms with Crippen LogP contribution in [0.15, 0.2) is 85.1 Å². The molecule has 0 amide bonds. The average molecular weight is 384 g/mol. The molecular formula is C23H20N4O2. The second-order valence-corrected chi connectivity index (χ2v) is 6.89. The number of aromatic nitrogens is 2. The first-order chi connectivity index (χ1) is 14.0. The van der Waals surface area contributed by atoms with E-state index in [1.54, 1.807) is 12.1 Å². The lowest BCUT2D eigenvalue weighted by atomic mass is 10.00. The highest BCUT2D eigenvalue weighted by Gasteiger charge is 2.18. The number of nitrogens with zero attached hydrogens (tertiary/aromatic N) is 4. The van der Waals surface area contributed by atoms with E-state index in [9.17, 15) is 10.1 Å². The smallest absolute Gasteiger partial charge is 0.269 e. The first kappa shape index (κ1) is 18.4. The normalized spacial score (nSPS) is 10.7. The summed E-state index contributed by atoms with van der Waals surface area (Å²) >= 11 is 0. The van der Waals surface area contributed by atoms with Crippen LogP contribution in [0.1, 0.15) is 0 Å². The molecule has 6 nitrogen and oxygen atoms in total. The number of nitro groups is 1. The zero-order valence-electron chi connectivity index (χ0n) is 16.2. The zero-order chi connectivity index (χ0) is 20.4. The SMILES string of the molecule is CN(C)c1ccccc1-c1cn(-c2ccccc2)nc1-c1ccc([N+](=O)[O-])cc1. The maximum absolute atomic E-state index is 11.0. The Morgan fingerprint density at radius 2 is 1.52 bits per heavy atom. The standard InChI is InChI=1S/C23H20N4O2/c1-25(2)22-11-7-6-10-20(22)21-16-26(18-8-4-3-5-9-18)24-23(21)17-12-14-19(15-13-17)27(28)29/h3-16H,1-2H3. The third-order valence-electron chi connectivity index (χ3n) is 4.76. The third-order valence-corrected chi connectivity index (χ3v) is 4.76. The van der Waals surface area contributed by atoms with Crippen LogP contribution in [0, 0.1) is 10.1 Å². The average Bonchev–Trinajstić information content (AvgIpc) is 3.20. The number of rotatable bonds is 5. The van der Waals surface area contributed by atoms with E-state index in [2.05, 4.69) is 17.0 Å². The van der Waals surface area contributed by atoms with Gasteiger partial charge in [0.15, 0.2) is 0 Å². The number of anilines is 1. The van der Waals surface area contributed by atoms with E-state index >= 15 is 0 Å². The molecule has 0 saturated heterocycles. The van der Waals surface area contributed by atoms with Gasteiger partial charge in [0.2, 0.25) is 0 Å². The van der Waals surface area contributed by atoms with Gasteiger partial charge in [-0.1, -0.05) is 36.4 Å². The Bertz CT molecular complexity index is 1150. The molecule has 0 saturated carbocycles. The van der Waals surface area contributed by atoms with Crippen molar-refractivity contribution in [1.29, 1.82) is 0 Å². The number of hydrogen-bond donors (Lipinski definition) is 0. The molecule has 4 rings (SSSR count). The van der Waals surface area contributed by atoms with Crippen LogP contribution in [-0.2, 0) is 0 Å². The molecule has 0 aliphatic carbocycles. The fourth-order valence-corrected chi connectivity index (χ4v) is 3.33. The summed E-state index contributed by atoms with van der Waals surface area (Å²) in [4.78, 5) is 12.7. The number of hydrogen-bond acceptors (Lipinski definition) is 4. The summed E-state index contributed by atoms with van der Waals surface area (Å²) in [5.74, 6) is 0. The molecule has 0 unspecified atom stereocenters. The summed E-state index contributed by atoms with van der Waals surface area (Å²) in [5, 5.41) is 15.9. The minimum atomic E-state index is -0.394. The van der Waals surface area contributed by atoms with Crippen molar-refractivity contribution in [3.05, 3.63) is 95.2 Å². The first-order valence-corrected chi connectivity index (χ1v) is 9.21. The van der Waals surface area contributed by atoms with E-state index in [1.165, 1.54) is 12.1 Å². The highest BCUT2D eigenvalue weighted by Crippen LogP contribution is 2.37. The summed E-state index contributed by atoms with van der Waals surface area (Å²) in [7, 11) is 4.01. The van der Waals surface area contributed by atoms with E-state index in [0.717, 1.165) is 33.8 Å². The molecule has 0 spiro atoms. The Labute approximate surface area is 168 Å². The minimum Gasteiger partial charge on any atom is -0.377 e. The van der Waals surface area contributed by atoms with Gasteiger partial charge >= 0.3 is 0 Å². The van der Waals surface area contributed by atoms with Gasteiger partial charge in [-0.05, 0) is 30.3 Å². The van der Waals surface area contributed by atoms with Gasteiger partial charge in [-0.25, -0.2) is 4.68 Å². The van der Waals surface area contributed by atoms with E-state index in [-0.39, 0.29) is 5.69 Å². The van der Waals surface area contributed by atoms with Crippen molar-refractivity contribution in [3.8, 4) is 28.1 Å². The van der Waals surface area contributed by atoms with E-state index in [0.29, 0.717) is 0 Å². The van der Waals surface area contributed by atoms with Crippen molar-refractivity contribution in [2.75, 3.05) is 19.0 Å². The zero-order valence-corrected chi connectivity index (χ0v) is 16.2. The van der Waals surface area contributed by atoms with Gasteiger partial charge in [0.1, 0.15) is 5.69 Å². The van der Waals surface area contributed by atoms with Gasteiger partial charge in [-0.2, -0.15) is 5.10 Å². The van der Waals surface area contributed by atoms with Crippen LogP contribution in [0.5, 0.6) is 0 Å². The van der Waals surface area contributed by atoms with Gasteiger partial charge in [0, 0.05) is 54.8 Å². The number of nitro benzene ring substituents is 1. The Balaban J connectivity index is 1.92. The van der Waals surface area contributed by atoms with E-state index in [4.69, 9.17) is 5.10 Å². The molecule has 4 aromatic rings. The summed E-state index contributed by atoms with van der Waals surface area (Å²) in [5.41, 5.74) is 5.70. The highest BCUT2D eigenvalue weighted by molar-refractivity contribution is 5.87. The van der Waals surface area contributed by atoms with Gasteiger partial charge in [-0.3, -0.25) is 10.1 Å². The molecule has 6 heteroatoms. The molecule has 0 aliphatic rings. The largest absolute Gasteiger partial charge is 0.377 e. The molecule has 29 heavy (non-hydrogen) atoms. The van der Waals surface area contributed by atoms with Crippen LogP contribution < -0.4 is 4.90 Å². The molecular weight excluding hydrogens is 364 g/mol. The van der Waals surface area contributed by atoms with Crippen molar-refractivity contribution in [2.24, 2.45) is 0 Å². The van der Waals surface area contributed by atoms with Gasteiger partial charge in [0.25, 0.3) is 5.69 Å². The Kier molecular flexibility index (Phi) is 4.83. The van der Waals surface area contributed by atoms with Gasteiger partial charge in [-0.15, -0.1) is 0 Å². The molecule has 0 aliphatic heterocycles. The first-order valence-electron chi connectivity index (χ1n) is 9.21. The fraction of sp³-hybridized carbons (Fsp3) is 0.0870. The maximum Gasteiger partial charge on any atom is 0.269 e. The minimum absolute atomic E-state index is 0.0616. The fourth-order valence-electron chi connectivity index (χ4n) is 3.33. The second kappa shape index (κ2) is 7.59. The van der Waals surface area contributed by atoms with E-state index < -0.39 is 4.92 Å². The van der Waals surface area contributed by atoms with Crippen molar-refractivity contribution >= 4 is 11.4 Å². The lowest BCUT2D eigenvalue weighted by molar-refractivity contribution is -0.384. The monoisotopic (exact) mass is 384 g/mol. The quantitative estimate of drug-likeness (QED) is 0.351. The molecule has 0 N–H and O–H groups in total. The van der Waals surface area contributed by atoms with Crippen molar-refractivity contribution in [1.82, 2.24) is 9.78 Å². The van der Waals surface area contributed by atoms with Crippen LogP contribution in [-0.4, -0.2) is 28.8 Å². The van der Waals surface area contributed by atoms with Gasteiger partial charge < -0.3 is 4.90 Å². The maximum atomic E-state index is 11.0. The van der Waals surface area contributed by atoms with Crippen molar-refractivity contribution < 1.29 is 4.92 Å². The second-order valence-electron chi connectivity index (χ2n) is 6.89. The molecule has 0 atom stereocenters. The van der Waals surface area contributed by atoms with Crippen LogP contribution in [0.4, 0.5) is 11.4 Å². The van der Waals surface area contributed by atoms with Gasteiger partial charge in [0.05, 0.1) is 10.6 Å². The van der Waals surface area contributed by atoms with E-state index in [1.807, 2.05) is 67.4 Å². The highest BCUT2D eigenvalue weighted by atomic mass is 16.6. The topological polar surface area (TPSA) is 64.2 Å². The molecule has 0 radical (unpaired) electrons. The molecule has 1 aromatic heterocycles. The third kappa shape index (κ3) is 3.60. The number of benzene rings is 3. The predicted molar refractivity (Wildman–Crippen MR) is 115 cm³/mol.